The van der Waals surface area contributed by atoms with Crippen molar-refractivity contribution in [2.24, 2.45) is 0 Å². The number of aldehydes is 1. The Bertz CT molecular complexity index is 1480. The maximum Gasteiger partial charge on any atom is 0.288 e. The van der Waals surface area contributed by atoms with E-state index in [2.05, 4.69) is 71.2 Å². The number of aryl methyl sites for hydroxylation is 1. The van der Waals surface area contributed by atoms with Gasteiger partial charge >= 0.3 is 0 Å². The van der Waals surface area contributed by atoms with Crippen LogP contribution in [0.1, 0.15) is 31.9 Å². The zero-order valence-electron chi connectivity index (χ0n) is 24.5. The third kappa shape index (κ3) is 7.15. The molecule has 0 aliphatic rings. The first-order chi connectivity index (χ1) is 19.0. The predicted molar refractivity (Wildman–Crippen MR) is 163 cm³/mol. The molecule has 0 aliphatic carbocycles. The Labute approximate surface area is 236 Å². The van der Waals surface area contributed by atoms with E-state index < -0.39 is 5.91 Å². The van der Waals surface area contributed by atoms with Gasteiger partial charge in [0, 0.05) is 25.9 Å². The molecule has 4 aromatic rings. The molecule has 40 heavy (non-hydrogen) atoms. The third-order valence-corrected chi connectivity index (χ3v) is 6.40. The van der Waals surface area contributed by atoms with Crippen LogP contribution in [0.4, 0.5) is 17.2 Å². The molecule has 210 valence electrons. The Morgan fingerprint density at radius 3 is 2.17 bits per heavy atom. The van der Waals surface area contributed by atoms with Gasteiger partial charge in [0.15, 0.2) is 5.75 Å². The van der Waals surface area contributed by atoms with E-state index in [1.54, 1.807) is 6.07 Å². The van der Waals surface area contributed by atoms with Gasteiger partial charge < -0.3 is 15.0 Å². The van der Waals surface area contributed by atoms with Gasteiger partial charge in [-0.05, 0) is 64.1 Å². The van der Waals surface area contributed by atoms with Gasteiger partial charge in [0.05, 0.1) is 19.9 Å². The molecule has 8 nitrogen and oxygen atoms in total. The molecule has 1 heterocycles. The smallest absolute Gasteiger partial charge is 0.288 e. The number of fused-ring (bicyclic) bond motifs is 1. The van der Waals surface area contributed by atoms with E-state index >= 15 is 0 Å². The number of anilines is 3. The average molecular weight is 543 g/mol. The highest BCUT2D eigenvalue weighted by atomic mass is 16.6. The first-order valence-corrected chi connectivity index (χ1v) is 12.9. The number of benzene rings is 3. The van der Waals surface area contributed by atoms with Crippen LogP contribution in [0.5, 0.6) is 5.75 Å². The first kappa shape index (κ1) is 30.1. The van der Waals surface area contributed by atoms with Crippen molar-refractivity contribution in [3.63, 3.8) is 0 Å². The minimum absolute atomic E-state index is 0.142. The third-order valence-electron chi connectivity index (χ3n) is 6.40. The Hall–Kier alpha value is -4.43. The standard InChI is InChI=1S/C18H18N2.C14H20N2O4/c1-13-8-10-16(17-7-5-4-6-15(13)17)14-9-11-18(19-12-14)20(2)3;1-14(2,3)9-6-10(15-12(18)8-17)13(19-4)11(7-9)16-20-5/h4-12H,1-3H3;6-8,16H,1-5H3,(H,15,18). The summed E-state index contributed by atoms with van der Waals surface area (Å²) in [5, 5.41) is 5.09. The summed E-state index contributed by atoms with van der Waals surface area (Å²) in [4.78, 5) is 33.2. The monoisotopic (exact) mass is 542 g/mol. The molecular weight excluding hydrogens is 504 g/mol. The Morgan fingerprint density at radius 2 is 1.62 bits per heavy atom. The highest BCUT2D eigenvalue weighted by molar-refractivity contribution is 6.29. The number of hydrogen-bond donors (Lipinski definition) is 2. The van der Waals surface area contributed by atoms with Crippen LogP contribution in [-0.2, 0) is 19.8 Å². The molecule has 0 atom stereocenters. The van der Waals surface area contributed by atoms with Crippen LogP contribution in [0.3, 0.4) is 0 Å². The fourth-order valence-electron chi connectivity index (χ4n) is 4.23. The molecule has 8 heteroatoms. The number of carbonyl (C=O) groups is 2. The lowest BCUT2D eigenvalue weighted by Crippen LogP contribution is -2.17. The van der Waals surface area contributed by atoms with Crippen LogP contribution in [0, 0.1) is 6.92 Å². The van der Waals surface area contributed by atoms with Gasteiger partial charge in [-0.15, -0.1) is 0 Å². The fourth-order valence-corrected chi connectivity index (χ4v) is 4.23. The van der Waals surface area contributed by atoms with Gasteiger partial charge in [0.1, 0.15) is 11.5 Å². The normalized spacial score (nSPS) is 10.8. The predicted octanol–water partition coefficient (Wildman–Crippen LogP) is 6.38. The molecule has 0 fully saturated rings. The van der Waals surface area contributed by atoms with Gasteiger partial charge in [-0.2, -0.15) is 0 Å². The van der Waals surface area contributed by atoms with E-state index in [-0.39, 0.29) is 11.7 Å². The quantitative estimate of drug-likeness (QED) is 0.159. The van der Waals surface area contributed by atoms with Crippen LogP contribution in [0.15, 0.2) is 66.9 Å². The van der Waals surface area contributed by atoms with Crippen molar-refractivity contribution in [3.8, 4) is 16.9 Å². The molecule has 0 saturated heterocycles. The number of hydrogen-bond acceptors (Lipinski definition) is 7. The lowest BCUT2D eigenvalue weighted by Gasteiger charge is -2.23. The van der Waals surface area contributed by atoms with Gasteiger partial charge in [-0.25, -0.2) is 4.98 Å². The molecule has 2 N–H and O–H groups in total. The number of pyridine rings is 1. The highest BCUT2D eigenvalue weighted by Gasteiger charge is 2.20. The van der Waals surface area contributed by atoms with Gasteiger partial charge in [0.25, 0.3) is 5.91 Å². The number of ether oxygens (including phenoxy) is 1. The molecule has 0 unspecified atom stereocenters. The molecule has 0 spiro atoms. The maximum atomic E-state index is 11.3. The van der Waals surface area contributed by atoms with Crippen molar-refractivity contribution in [3.05, 3.63) is 78.0 Å². The minimum atomic E-state index is -0.738. The molecule has 0 radical (unpaired) electrons. The number of methoxy groups -OCH3 is 1. The Kier molecular flexibility index (Phi) is 9.85. The summed E-state index contributed by atoms with van der Waals surface area (Å²) in [5.41, 5.74) is 8.22. The van der Waals surface area contributed by atoms with Crippen LogP contribution < -0.4 is 20.4 Å². The number of nitrogens with one attached hydrogen (secondary N) is 2. The molecule has 1 aromatic heterocycles. The van der Waals surface area contributed by atoms with Gasteiger partial charge in [-0.3, -0.25) is 19.9 Å². The van der Waals surface area contributed by atoms with Crippen LogP contribution in [-0.4, -0.2) is 45.5 Å². The van der Waals surface area contributed by atoms with Crippen LogP contribution in [0.2, 0.25) is 0 Å². The van der Waals surface area contributed by atoms with E-state index in [4.69, 9.17) is 9.57 Å². The number of carbonyl (C=O) groups excluding carboxylic acids is 2. The second-order valence-corrected chi connectivity index (χ2v) is 10.5. The molecule has 4 rings (SSSR count). The lowest BCUT2D eigenvalue weighted by molar-refractivity contribution is -0.127. The molecule has 0 saturated carbocycles. The summed E-state index contributed by atoms with van der Waals surface area (Å²) in [6, 6.07) is 20.7. The molecule has 0 bridgehead atoms. The first-order valence-electron chi connectivity index (χ1n) is 12.9. The largest absolute Gasteiger partial charge is 0.492 e. The molecular formula is C32H38N4O4. The van der Waals surface area contributed by atoms with E-state index in [0.717, 1.165) is 16.9 Å². The Morgan fingerprint density at radius 1 is 0.950 bits per heavy atom. The number of rotatable bonds is 7. The summed E-state index contributed by atoms with van der Waals surface area (Å²) < 4.78 is 5.27. The number of aromatic nitrogens is 1. The van der Waals surface area contributed by atoms with Crippen LogP contribution in [0.25, 0.3) is 21.9 Å². The summed E-state index contributed by atoms with van der Waals surface area (Å²) in [5.74, 6) is 0.637. The zero-order chi connectivity index (χ0) is 29.4. The minimum Gasteiger partial charge on any atom is -0.492 e. The van der Waals surface area contributed by atoms with E-state index in [9.17, 15) is 9.59 Å². The van der Waals surface area contributed by atoms with Gasteiger partial charge in [0.2, 0.25) is 6.29 Å². The second-order valence-electron chi connectivity index (χ2n) is 10.5. The molecule has 0 aliphatic heterocycles. The highest BCUT2D eigenvalue weighted by Crippen LogP contribution is 2.38. The number of amides is 1. The Balaban J connectivity index is 0.000000220. The summed E-state index contributed by atoms with van der Waals surface area (Å²) >= 11 is 0. The van der Waals surface area contributed by atoms with Gasteiger partial charge in [-0.1, -0.05) is 57.2 Å². The van der Waals surface area contributed by atoms with Crippen molar-refractivity contribution in [1.82, 2.24) is 4.98 Å². The van der Waals surface area contributed by atoms with Crippen molar-refractivity contribution in [2.75, 3.05) is 44.0 Å². The van der Waals surface area contributed by atoms with Crippen molar-refractivity contribution in [1.29, 1.82) is 0 Å². The molecule has 1 amide bonds. The average Bonchev–Trinajstić information content (AvgIpc) is 2.93. The second kappa shape index (κ2) is 13.1. The maximum absolute atomic E-state index is 11.3. The summed E-state index contributed by atoms with van der Waals surface area (Å²) in [6.45, 7) is 8.27. The van der Waals surface area contributed by atoms with E-state index in [1.165, 1.54) is 36.1 Å². The lowest BCUT2D eigenvalue weighted by atomic mass is 9.86. The van der Waals surface area contributed by atoms with Crippen molar-refractivity contribution >= 4 is 40.2 Å². The topological polar surface area (TPSA) is 92.8 Å². The fraction of sp³-hybridized carbons (Fsp3) is 0.281. The number of nitrogens with zero attached hydrogens (tertiary/aromatic N) is 2. The SMILES string of the molecule is CONc1cc(C(C)(C)C)cc(NC(=O)C=O)c1OC.Cc1ccc(-c2ccc(N(C)C)nc2)c2ccccc12. The summed E-state index contributed by atoms with van der Waals surface area (Å²) in [6.07, 6.45) is 2.17. The van der Waals surface area contributed by atoms with E-state index in [0.29, 0.717) is 17.1 Å². The van der Waals surface area contributed by atoms with Crippen molar-refractivity contribution < 1.29 is 19.2 Å². The van der Waals surface area contributed by atoms with Crippen molar-refractivity contribution in [2.45, 2.75) is 33.1 Å². The zero-order valence-corrected chi connectivity index (χ0v) is 24.5. The molecule has 3 aromatic carbocycles. The van der Waals surface area contributed by atoms with E-state index in [1.807, 2.05) is 52.0 Å². The summed E-state index contributed by atoms with van der Waals surface area (Å²) in [7, 11) is 6.96. The van der Waals surface area contributed by atoms with Crippen LogP contribution >= 0.6 is 0 Å².